The van der Waals surface area contributed by atoms with Gasteiger partial charge in [0, 0.05) is 39.8 Å². The first kappa shape index (κ1) is 29.6. The number of nitrogens with one attached hydrogen (secondary N) is 1. The van der Waals surface area contributed by atoms with Gasteiger partial charge in [0.05, 0.1) is 6.61 Å². The quantitative estimate of drug-likeness (QED) is 0.788. The van der Waals surface area contributed by atoms with E-state index in [1.54, 1.807) is 7.11 Å². The summed E-state index contributed by atoms with van der Waals surface area (Å²) in [6.07, 6.45) is 4.17. The Morgan fingerprint density at radius 3 is 1.76 bits per heavy atom. The summed E-state index contributed by atoms with van der Waals surface area (Å²) in [4.78, 5) is 5.17. The Morgan fingerprint density at radius 2 is 1.28 bits per heavy atom. The van der Waals surface area contributed by atoms with Crippen molar-refractivity contribution in [3.8, 4) is 0 Å². The molecule has 0 amide bonds. The van der Waals surface area contributed by atoms with Crippen molar-refractivity contribution in [1.82, 2.24) is 15.1 Å². The van der Waals surface area contributed by atoms with Crippen molar-refractivity contribution in [3.05, 3.63) is 0 Å². The van der Waals surface area contributed by atoms with E-state index < -0.39 is 0 Å². The Kier molecular flexibility index (Phi) is 28.1. The van der Waals surface area contributed by atoms with Gasteiger partial charge in [0.1, 0.15) is 0 Å². The number of piperazine rings is 1. The van der Waals surface area contributed by atoms with Crippen LogP contribution in [0.1, 0.15) is 60.8 Å². The molecule has 2 aliphatic rings. The molecule has 2 rings (SSSR count). The molecule has 156 valence electrons. The van der Waals surface area contributed by atoms with Gasteiger partial charge in [-0.05, 0) is 44.8 Å². The second-order valence-corrected chi connectivity index (χ2v) is 5.66. The fourth-order valence-electron chi connectivity index (χ4n) is 3.02. The zero-order valence-corrected chi connectivity index (χ0v) is 18.4. The van der Waals surface area contributed by atoms with Crippen LogP contribution >= 0.6 is 0 Å². The van der Waals surface area contributed by atoms with Gasteiger partial charge in [-0.3, -0.25) is 0 Å². The monoisotopic (exact) mass is 363 g/mol. The molecular weight excluding hydrogens is 314 g/mol. The largest absolute Gasteiger partial charge is 0.412 e. The third kappa shape index (κ3) is 15.7. The Hall–Kier alpha value is -0.200. The predicted octanol–water partition coefficient (Wildman–Crippen LogP) is 2.89. The Bertz CT molecular complexity index is 217. The molecule has 0 aromatic rings. The third-order valence-electron chi connectivity index (χ3n) is 4.38. The van der Waals surface area contributed by atoms with Gasteiger partial charge in [0.2, 0.25) is 0 Å². The van der Waals surface area contributed by atoms with E-state index >= 15 is 0 Å². The lowest BCUT2D eigenvalue weighted by Crippen LogP contribution is -2.44. The second-order valence-electron chi connectivity index (χ2n) is 5.66. The van der Waals surface area contributed by atoms with E-state index in [1.807, 2.05) is 41.5 Å². The van der Waals surface area contributed by atoms with Gasteiger partial charge in [-0.15, -0.1) is 0 Å². The first-order valence-electron chi connectivity index (χ1n) is 10.5. The lowest BCUT2D eigenvalue weighted by atomic mass is 9.93. The van der Waals surface area contributed by atoms with E-state index in [9.17, 15) is 0 Å². The van der Waals surface area contributed by atoms with E-state index in [0.29, 0.717) is 0 Å². The van der Waals surface area contributed by atoms with Crippen molar-refractivity contribution in [2.24, 2.45) is 5.92 Å². The van der Waals surface area contributed by atoms with Crippen molar-refractivity contribution in [2.45, 2.75) is 60.8 Å². The highest BCUT2D eigenvalue weighted by Crippen LogP contribution is 2.20. The minimum absolute atomic E-state index is 0. The molecule has 0 aromatic heterocycles. The summed E-state index contributed by atoms with van der Waals surface area (Å²) in [6.45, 7) is 22.7. The van der Waals surface area contributed by atoms with Gasteiger partial charge in [0.25, 0.3) is 0 Å². The molecule has 0 saturated carbocycles. The molecule has 0 aliphatic carbocycles. The maximum atomic E-state index is 5.14. The minimum atomic E-state index is 0. The standard InChI is InChI=1S/C14H29N3O.3C2H6.H2O/c1-18-13-12-16-7-2-14(3-8-16)4-9-17-10-5-15-6-11-17;3*1-2;/h14-15H,2-13H2,1H3;3*1-2H3;1H2. The first-order valence-corrected chi connectivity index (χ1v) is 10.5. The summed E-state index contributed by atoms with van der Waals surface area (Å²) in [5.74, 6) is 0.957. The van der Waals surface area contributed by atoms with Crippen LogP contribution in [0.15, 0.2) is 0 Å². The van der Waals surface area contributed by atoms with E-state index in [0.717, 1.165) is 19.1 Å². The molecule has 0 spiro atoms. The smallest absolute Gasteiger partial charge is 0.0589 e. The Morgan fingerprint density at radius 1 is 0.800 bits per heavy atom. The number of piperidine rings is 1. The maximum absolute atomic E-state index is 5.14. The number of ether oxygens (including phenoxy) is 1. The second kappa shape index (κ2) is 23.8. The molecule has 3 N–H and O–H groups in total. The molecule has 2 fully saturated rings. The summed E-state index contributed by atoms with van der Waals surface area (Å²) in [5, 5.41) is 3.42. The molecule has 2 saturated heterocycles. The van der Waals surface area contributed by atoms with E-state index in [1.165, 1.54) is 65.1 Å². The molecule has 0 unspecified atom stereocenters. The van der Waals surface area contributed by atoms with Crippen LogP contribution < -0.4 is 5.32 Å². The van der Waals surface area contributed by atoms with Crippen LogP contribution in [0.4, 0.5) is 0 Å². The highest BCUT2D eigenvalue weighted by Gasteiger charge is 2.19. The van der Waals surface area contributed by atoms with Gasteiger partial charge in [-0.25, -0.2) is 0 Å². The summed E-state index contributed by atoms with van der Waals surface area (Å²) in [5.41, 5.74) is 0. The van der Waals surface area contributed by atoms with Crippen LogP contribution in [-0.2, 0) is 4.74 Å². The first-order chi connectivity index (χ1) is 11.9. The Balaban J connectivity index is -0.000000626. The third-order valence-corrected chi connectivity index (χ3v) is 4.38. The molecular formula is C20H49N3O2. The highest BCUT2D eigenvalue weighted by atomic mass is 16.5. The minimum Gasteiger partial charge on any atom is -0.412 e. The lowest BCUT2D eigenvalue weighted by Gasteiger charge is -2.33. The number of nitrogens with zero attached hydrogens (tertiary/aromatic N) is 2. The van der Waals surface area contributed by atoms with Crippen LogP contribution in [0.3, 0.4) is 0 Å². The van der Waals surface area contributed by atoms with Crippen molar-refractivity contribution in [2.75, 3.05) is 66.1 Å². The SMILES string of the molecule is CC.CC.CC.COCCN1CCC(CCN2CCNCC2)CC1.O. The molecule has 0 radical (unpaired) electrons. The van der Waals surface area contributed by atoms with E-state index in [2.05, 4.69) is 15.1 Å². The van der Waals surface area contributed by atoms with Crippen molar-refractivity contribution in [3.63, 3.8) is 0 Å². The highest BCUT2D eigenvalue weighted by molar-refractivity contribution is 4.75. The van der Waals surface area contributed by atoms with Gasteiger partial charge in [-0.1, -0.05) is 41.5 Å². The average molecular weight is 364 g/mol. The number of hydrogen-bond acceptors (Lipinski definition) is 4. The van der Waals surface area contributed by atoms with Crippen molar-refractivity contribution >= 4 is 0 Å². The normalized spacial score (nSPS) is 18.4. The fraction of sp³-hybridized carbons (Fsp3) is 1.00. The number of likely N-dealkylation sites (tertiary alicyclic amines) is 1. The van der Waals surface area contributed by atoms with Gasteiger partial charge in [-0.2, -0.15) is 0 Å². The summed E-state index contributed by atoms with van der Waals surface area (Å²) < 4.78 is 5.14. The zero-order chi connectivity index (χ0) is 18.6. The molecule has 2 aliphatic heterocycles. The van der Waals surface area contributed by atoms with E-state index in [-0.39, 0.29) is 5.48 Å². The molecule has 2 heterocycles. The number of rotatable bonds is 6. The summed E-state index contributed by atoms with van der Waals surface area (Å²) in [7, 11) is 1.79. The topological polar surface area (TPSA) is 59.2 Å². The fourth-order valence-corrected chi connectivity index (χ4v) is 3.02. The molecule has 25 heavy (non-hydrogen) atoms. The van der Waals surface area contributed by atoms with Crippen molar-refractivity contribution < 1.29 is 10.2 Å². The molecule has 5 heteroatoms. The van der Waals surface area contributed by atoms with Gasteiger partial charge in [0.15, 0.2) is 0 Å². The van der Waals surface area contributed by atoms with Crippen molar-refractivity contribution in [1.29, 1.82) is 0 Å². The number of methoxy groups -OCH3 is 1. The molecule has 5 nitrogen and oxygen atoms in total. The van der Waals surface area contributed by atoms with Crippen LogP contribution in [0.25, 0.3) is 0 Å². The average Bonchev–Trinajstić information content (AvgIpc) is 2.71. The van der Waals surface area contributed by atoms with Gasteiger partial charge >= 0.3 is 0 Å². The maximum Gasteiger partial charge on any atom is 0.0589 e. The number of hydrogen-bond donors (Lipinski definition) is 1. The van der Waals surface area contributed by atoms with Crippen LogP contribution in [0.2, 0.25) is 0 Å². The van der Waals surface area contributed by atoms with Gasteiger partial charge < -0.3 is 25.3 Å². The lowest BCUT2D eigenvalue weighted by molar-refractivity contribution is 0.113. The zero-order valence-electron chi connectivity index (χ0n) is 18.4. The summed E-state index contributed by atoms with van der Waals surface area (Å²) in [6, 6.07) is 0. The predicted molar refractivity (Wildman–Crippen MR) is 113 cm³/mol. The van der Waals surface area contributed by atoms with Crippen LogP contribution in [-0.4, -0.2) is 81.4 Å². The summed E-state index contributed by atoms with van der Waals surface area (Å²) >= 11 is 0. The molecule has 0 aromatic carbocycles. The Labute approximate surface area is 158 Å². The molecule has 0 atom stereocenters. The van der Waals surface area contributed by atoms with E-state index in [4.69, 9.17) is 4.74 Å². The van der Waals surface area contributed by atoms with Crippen LogP contribution in [0, 0.1) is 5.92 Å². The van der Waals surface area contributed by atoms with Crippen LogP contribution in [0.5, 0.6) is 0 Å². The molecule has 0 bridgehead atoms.